The Morgan fingerprint density at radius 1 is 0.971 bits per heavy atom. The first-order valence-electron chi connectivity index (χ1n) is 11.1. The number of nitrogens with zero attached hydrogens (tertiary/aromatic N) is 1. The van der Waals surface area contributed by atoms with Crippen molar-refractivity contribution in [2.45, 2.75) is 25.7 Å². The van der Waals surface area contributed by atoms with Gasteiger partial charge in [0.05, 0.1) is 21.8 Å². The number of nitrogens with one attached hydrogen (secondary N) is 2. The van der Waals surface area contributed by atoms with E-state index in [9.17, 15) is 18.0 Å². The van der Waals surface area contributed by atoms with E-state index in [1.807, 2.05) is 13.8 Å². The molecular formula is C26H28ClN3O4S. The largest absolute Gasteiger partial charge is 0.352 e. The molecule has 0 saturated heterocycles. The summed E-state index contributed by atoms with van der Waals surface area (Å²) in [5, 5.41) is 5.86. The van der Waals surface area contributed by atoms with Gasteiger partial charge in [-0.05, 0) is 54.8 Å². The molecule has 3 rings (SSSR count). The predicted molar refractivity (Wildman–Crippen MR) is 139 cm³/mol. The number of anilines is 2. The molecule has 2 amide bonds. The molecule has 184 valence electrons. The van der Waals surface area contributed by atoms with E-state index in [1.54, 1.807) is 61.5 Å². The minimum Gasteiger partial charge on any atom is -0.352 e. The molecule has 9 heteroatoms. The van der Waals surface area contributed by atoms with E-state index >= 15 is 0 Å². The zero-order chi connectivity index (χ0) is 25.6. The minimum absolute atomic E-state index is 0.0423. The number of carbonyl (C=O) groups excluding carboxylic acids is 2. The molecule has 0 fully saturated rings. The molecule has 0 heterocycles. The number of amides is 2. The number of rotatable bonds is 9. The number of benzene rings is 3. The van der Waals surface area contributed by atoms with Gasteiger partial charge in [-0.25, -0.2) is 8.42 Å². The van der Waals surface area contributed by atoms with E-state index in [0.717, 1.165) is 4.31 Å². The van der Waals surface area contributed by atoms with Crippen molar-refractivity contribution < 1.29 is 18.0 Å². The number of aryl methyl sites for hydroxylation is 1. The van der Waals surface area contributed by atoms with Gasteiger partial charge in [0.25, 0.3) is 15.9 Å². The van der Waals surface area contributed by atoms with Crippen molar-refractivity contribution >= 4 is 44.8 Å². The van der Waals surface area contributed by atoms with Gasteiger partial charge in [-0.2, -0.15) is 0 Å². The van der Waals surface area contributed by atoms with Gasteiger partial charge < -0.3 is 10.6 Å². The van der Waals surface area contributed by atoms with E-state index in [-0.39, 0.29) is 22.3 Å². The Bertz CT molecular complexity index is 1310. The lowest BCUT2D eigenvalue weighted by molar-refractivity contribution is -0.114. The normalized spacial score (nSPS) is 11.2. The van der Waals surface area contributed by atoms with Crippen molar-refractivity contribution in [3.05, 3.63) is 88.9 Å². The summed E-state index contributed by atoms with van der Waals surface area (Å²) in [5.41, 5.74) is 1.51. The topological polar surface area (TPSA) is 95.6 Å². The fourth-order valence-corrected chi connectivity index (χ4v) is 5.04. The van der Waals surface area contributed by atoms with Crippen LogP contribution in [0.1, 0.15) is 29.8 Å². The van der Waals surface area contributed by atoms with Crippen LogP contribution in [0.5, 0.6) is 0 Å². The van der Waals surface area contributed by atoms with Crippen LogP contribution in [0.2, 0.25) is 5.02 Å². The Morgan fingerprint density at radius 2 is 1.63 bits per heavy atom. The Kier molecular flexibility index (Phi) is 8.53. The molecule has 0 unspecified atom stereocenters. The van der Waals surface area contributed by atoms with Crippen molar-refractivity contribution in [3.8, 4) is 0 Å². The number of sulfonamides is 1. The molecule has 2 N–H and O–H groups in total. The van der Waals surface area contributed by atoms with Crippen LogP contribution in [0.3, 0.4) is 0 Å². The fourth-order valence-electron chi connectivity index (χ4n) is 3.37. The van der Waals surface area contributed by atoms with E-state index in [1.165, 1.54) is 18.2 Å². The lowest BCUT2D eigenvalue weighted by Crippen LogP contribution is -2.39. The lowest BCUT2D eigenvalue weighted by atomic mass is 10.1. The maximum atomic E-state index is 13.5. The van der Waals surface area contributed by atoms with Crippen molar-refractivity contribution in [3.63, 3.8) is 0 Å². The second kappa shape index (κ2) is 11.4. The Labute approximate surface area is 211 Å². The van der Waals surface area contributed by atoms with Crippen LogP contribution in [0.4, 0.5) is 11.4 Å². The molecule has 0 aliphatic rings. The molecule has 0 radical (unpaired) electrons. The van der Waals surface area contributed by atoms with Gasteiger partial charge in [0.1, 0.15) is 6.54 Å². The summed E-state index contributed by atoms with van der Waals surface area (Å²) < 4.78 is 28.1. The maximum Gasteiger partial charge on any atom is 0.264 e. The predicted octanol–water partition coefficient (Wildman–Crippen LogP) is 4.87. The lowest BCUT2D eigenvalue weighted by Gasteiger charge is -2.26. The van der Waals surface area contributed by atoms with Crippen molar-refractivity contribution in [1.29, 1.82) is 0 Å². The van der Waals surface area contributed by atoms with E-state index < -0.39 is 22.5 Å². The second-order valence-corrected chi connectivity index (χ2v) is 10.8. The Hall–Kier alpha value is -3.36. The summed E-state index contributed by atoms with van der Waals surface area (Å²) >= 11 is 6.16. The van der Waals surface area contributed by atoms with Gasteiger partial charge >= 0.3 is 0 Å². The molecule has 35 heavy (non-hydrogen) atoms. The number of hydrogen-bond acceptors (Lipinski definition) is 4. The van der Waals surface area contributed by atoms with Crippen LogP contribution in [-0.4, -0.2) is 33.3 Å². The number of carbonyl (C=O) groups is 2. The Morgan fingerprint density at radius 3 is 2.31 bits per heavy atom. The van der Waals surface area contributed by atoms with Crippen LogP contribution >= 0.6 is 11.6 Å². The highest BCUT2D eigenvalue weighted by Crippen LogP contribution is 2.29. The van der Waals surface area contributed by atoms with Gasteiger partial charge in [-0.1, -0.05) is 61.8 Å². The summed E-state index contributed by atoms with van der Waals surface area (Å²) in [4.78, 5) is 25.8. The Balaban J connectivity index is 1.93. The van der Waals surface area contributed by atoms with Gasteiger partial charge in [-0.3, -0.25) is 13.9 Å². The van der Waals surface area contributed by atoms with Gasteiger partial charge in [0.2, 0.25) is 5.91 Å². The minimum atomic E-state index is -4.09. The molecule has 0 bridgehead atoms. The van der Waals surface area contributed by atoms with Crippen LogP contribution in [0.15, 0.2) is 77.7 Å². The van der Waals surface area contributed by atoms with Crippen molar-refractivity contribution in [1.82, 2.24) is 5.32 Å². The molecule has 0 saturated carbocycles. The molecule has 0 aliphatic carbocycles. The van der Waals surface area contributed by atoms with Crippen LogP contribution in [-0.2, 0) is 14.8 Å². The van der Waals surface area contributed by atoms with Crippen LogP contribution < -0.4 is 14.9 Å². The van der Waals surface area contributed by atoms with Crippen LogP contribution in [0, 0.1) is 12.8 Å². The standard InChI is InChI=1S/C26H28ClN3O4S/c1-18(2)16-28-26(32)22-11-7-8-12-23(22)29-25(31)17-30(24-15-20(27)14-13-19(24)3)35(33,34)21-9-5-4-6-10-21/h4-15,18H,16-17H2,1-3H3,(H,28,32)(H,29,31). The third kappa shape index (κ3) is 6.61. The monoisotopic (exact) mass is 513 g/mol. The average Bonchev–Trinajstić information content (AvgIpc) is 2.83. The third-order valence-corrected chi connectivity index (χ3v) is 7.18. The summed E-state index contributed by atoms with van der Waals surface area (Å²) in [5.74, 6) is -0.666. The van der Waals surface area contributed by atoms with E-state index in [4.69, 9.17) is 11.6 Å². The first-order valence-corrected chi connectivity index (χ1v) is 12.9. The summed E-state index contributed by atoms with van der Waals surface area (Å²) in [6.07, 6.45) is 0. The summed E-state index contributed by atoms with van der Waals surface area (Å²) in [6.45, 7) is 5.67. The molecule has 7 nitrogen and oxygen atoms in total. The SMILES string of the molecule is Cc1ccc(Cl)cc1N(CC(=O)Nc1ccccc1C(=O)NCC(C)C)S(=O)(=O)c1ccccc1. The molecule has 0 aliphatic heterocycles. The number of halogens is 1. The molecule has 3 aromatic carbocycles. The fraction of sp³-hybridized carbons (Fsp3) is 0.231. The van der Waals surface area contributed by atoms with Crippen molar-refractivity contribution in [2.75, 3.05) is 22.7 Å². The quantitative estimate of drug-likeness (QED) is 0.426. The number of para-hydroxylation sites is 1. The molecular weight excluding hydrogens is 486 g/mol. The first kappa shape index (κ1) is 26.2. The van der Waals surface area contributed by atoms with Gasteiger partial charge in [0.15, 0.2) is 0 Å². The molecule has 0 spiro atoms. The summed E-state index contributed by atoms with van der Waals surface area (Å²) in [6, 6.07) is 19.3. The average molecular weight is 514 g/mol. The van der Waals surface area contributed by atoms with Gasteiger partial charge in [0, 0.05) is 11.6 Å². The third-order valence-electron chi connectivity index (χ3n) is 5.17. The number of hydrogen-bond donors (Lipinski definition) is 2. The zero-order valence-corrected chi connectivity index (χ0v) is 21.4. The van der Waals surface area contributed by atoms with Gasteiger partial charge in [-0.15, -0.1) is 0 Å². The molecule has 3 aromatic rings. The van der Waals surface area contributed by atoms with E-state index in [2.05, 4.69) is 10.6 Å². The highest BCUT2D eigenvalue weighted by molar-refractivity contribution is 7.92. The van der Waals surface area contributed by atoms with E-state index in [0.29, 0.717) is 28.5 Å². The second-order valence-electron chi connectivity index (χ2n) is 8.45. The molecule has 0 aromatic heterocycles. The summed E-state index contributed by atoms with van der Waals surface area (Å²) in [7, 11) is -4.09. The first-order chi connectivity index (χ1) is 16.6. The highest BCUT2D eigenvalue weighted by atomic mass is 35.5. The van der Waals surface area contributed by atoms with Crippen LogP contribution in [0.25, 0.3) is 0 Å². The molecule has 0 atom stereocenters. The van der Waals surface area contributed by atoms with Crippen molar-refractivity contribution in [2.24, 2.45) is 5.92 Å². The highest BCUT2D eigenvalue weighted by Gasteiger charge is 2.29. The smallest absolute Gasteiger partial charge is 0.264 e. The maximum absolute atomic E-state index is 13.5. The zero-order valence-electron chi connectivity index (χ0n) is 19.8.